The third-order valence-electron chi connectivity index (χ3n) is 2.66. The molecule has 3 N–H and O–H groups in total. The molecule has 14 heavy (non-hydrogen) atoms. The van der Waals surface area contributed by atoms with Crippen molar-refractivity contribution in [3.05, 3.63) is 0 Å². The second-order valence-corrected chi connectivity index (χ2v) is 4.63. The molecule has 0 aliphatic carbocycles. The summed E-state index contributed by atoms with van der Waals surface area (Å²) in [5.74, 6) is 0.629. The maximum absolute atomic E-state index is 9.24. The lowest BCUT2D eigenvalue weighted by atomic mass is 9.95. The Morgan fingerprint density at radius 1 is 1.14 bits per heavy atom. The maximum atomic E-state index is 9.24. The highest BCUT2D eigenvalue weighted by Gasteiger charge is 2.27. The van der Waals surface area contributed by atoms with Gasteiger partial charge in [0.05, 0.1) is 18.8 Å². The molecule has 0 aliphatic heterocycles. The minimum atomic E-state index is -0.506. The van der Waals surface area contributed by atoms with E-state index < -0.39 is 5.54 Å². The Labute approximate surface area is 87.5 Å². The lowest BCUT2D eigenvalue weighted by Crippen LogP contribution is -2.54. The van der Waals surface area contributed by atoms with E-state index in [9.17, 15) is 10.2 Å². The topological polar surface area (TPSA) is 52.5 Å². The first-order valence-electron chi connectivity index (χ1n) is 5.49. The summed E-state index contributed by atoms with van der Waals surface area (Å²) in [5, 5.41) is 21.8. The predicted molar refractivity (Wildman–Crippen MR) is 59.2 cm³/mol. The van der Waals surface area contributed by atoms with Crippen LogP contribution < -0.4 is 5.32 Å². The van der Waals surface area contributed by atoms with Crippen LogP contribution in [0.25, 0.3) is 0 Å². The van der Waals surface area contributed by atoms with Crippen molar-refractivity contribution in [3.63, 3.8) is 0 Å². The van der Waals surface area contributed by atoms with Crippen molar-refractivity contribution in [2.24, 2.45) is 5.92 Å². The van der Waals surface area contributed by atoms with Crippen molar-refractivity contribution >= 4 is 0 Å². The van der Waals surface area contributed by atoms with Crippen molar-refractivity contribution in [1.82, 2.24) is 5.32 Å². The quantitative estimate of drug-likeness (QED) is 0.581. The van der Waals surface area contributed by atoms with Crippen molar-refractivity contribution in [3.8, 4) is 0 Å². The Balaban J connectivity index is 4.15. The van der Waals surface area contributed by atoms with E-state index in [1.807, 2.05) is 6.92 Å². The van der Waals surface area contributed by atoms with Gasteiger partial charge in [0.25, 0.3) is 0 Å². The van der Waals surface area contributed by atoms with Crippen LogP contribution in [0.5, 0.6) is 0 Å². The molecule has 86 valence electrons. The molecule has 0 aliphatic rings. The molecule has 0 saturated heterocycles. The second-order valence-electron chi connectivity index (χ2n) is 4.63. The van der Waals surface area contributed by atoms with Gasteiger partial charge in [0.2, 0.25) is 0 Å². The summed E-state index contributed by atoms with van der Waals surface area (Å²) in [7, 11) is 0. The van der Waals surface area contributed by atoms with Gasteiger partial charge in [-0.3, -0.25) is 0 Å². The Morgan fingerprint density at radius 3 is 1.93 bits per heavy atom. The van der Waals surface area contributed by atoms with Crippen LogP contribution in [0.15, 0.2) is 0 Å². The Bertz CT molecular complexity index is 136. The first-order chi connectivity index (χ1) is 6.49. The molecule has 0 saturated carbocycles. The van der Waals surface area contributed by atoms with Gasteiger partial charge >= 0.3 is 0 Å². The van der Waals surface area contributed by atoms with E-state index in [4.69, 9.17) is 0 Å². The molecule has 3 nitrogen and oxygen atoms in total. The van der Waals surface area contributed by atoms with Crippen molar-refractivity contribution < 1.29 is 10.2 Å². The van der Waals surface area contributed by atoms with Crippen molar-refractivity contribution in [1.29, 1.82) is 0 Å². The lowest BCUT2D eigenvalue weighted by molar-refractivity contribution is 0.0769. The van der Waals surface area contributed by atoms with Crippen LogP contribution in [0, 0.1) is 5.92 Å². The van der Waals surface area contributed by atoms with Crippen molar-refractivity contribution in [2.45, 2.75) is 52.1 Å². The van der Waals surface area contributed by atoms with E-state index >= 15 is 0 Å². The minimum absolute atomic E-state index is 0.0115. The van der Waals surface area contributed by atoms with E-state index in [-0.39, 0.29) is 13.2 Å². The van der Waals surface area contributed by atoms with Gasteiger partial charge in [-0.05, 0) is 25.7 Å². The van der Waals surface area contributed by atoms with Gasteiger partial charge in [0.15, 0.2) is 0 Å². The zero-order valence-corrected chi connectivity index (χ0v) is 9.88. The zero-order chi connectivity index (χ0) is 11.2. The summed E-state index contributed by atoms with van der Waals surface area (Å²) in [4.78, 5) is 0. The SMILES string of the molecule is CCC(CO)(CO)NC(C)CC(C)C. The van der Waals surface area contributed by atoms with E-state index in [1.54, 1.807) is 0 Å². The molecule has 0 aromatic heterocycles. The van der Waals surface area contributed by atoms with Gasteiger partial charge < -0.3 is 15.5 Å². The van der Waals surface area contributed by atoms with E-state index in [2.05, 4.69) is 26.1 Å². The summed E-state index contributed by atoms with van der Waals surface area (Å²) in [6.07, 6.45) is 1.80. The van der Waals surface area contributed by atoms with Crippen LogP contribution in [0.4, 0.5) is 0 Å². The molecule has 0 spiro atoms. The fourth-order valence-corrected chi connectivity index (χ4v) is 1.76. The van der Waals surface area contributed by atoms with Crippen LogP contribution in [0.1, 0.15) is 40.5 Å². The molecule has 0 aromatic rings. The first kappa shape index (κ1) is 13.9. The van der Waals surface area contributed by atoms with Gasteiger partial charge in [-0.25, -0.2) is 0 Å². The largest absolute Gasteiger partial charge is 0.394 e. The highest BCUT2D eigenvalue weighted by Crippen LogP contribution is 2.13. The Kier molecular flexibility index (Phi) is 6.33. The van der Waals surface area contributed by atoms with Crippen LogP contribution in [0.2, 0.25) is 0 Å². The van der Waals surface area contributed by atoms with Crippen LogP contribution in [0.3, 0.4) is 0 Å². The summed E-state index contributed by atoms with van der Waals surface area (Å²) in [6.45, 7) is 8.38. The van der Waals surface area contributed by atoms with Crippen molar-refractivity contribution in [2.75, 3.05) is 13.2 Å². The third-order valence-corrected chi connectivity index (χ3v) is 2.66. The van der Waals surface area contributed by atoms with E-state index in [0.29, 0.717) is 12.0 Å². The molecule has 0 fully saturated rings. The number of hydrogen-bond acceptors (Lipinski definition) is 3. The number of aliphatic hydroxyl groups is 2. The molecule has 0 radical (unpaired) electrons. The molecule has 0 aromatic carbocycles. The van der Waals surface area contributed by atoms with Crippen LogP contribution >= 0.6 is 0 Å². The molecule has 0 amide bonds. The van der Waals surface area contributed by atoms with Crippen LogP contribution in [-0.2, 0) is 0 Å². The molecule has 0 heterocycles. The first-order valence-corrected chi connectivity index (χ1v) is 5.49. The average Bonchev–Trinajstić information content (AvgIpc) is 2.13. The molecule has 0 bridgehead atoms. The van der Waals surface area contributed by atoms with Crippen LogP contribution in [-0.4, -0.2) is 35.0 Å². The normalized spacial score (nSPS) is 14.8. The van der Waals surface area contributed by atoms with Gasteiger partial charge in [0, 0.05) is 6.04 Å². The van der Waals surface area contributed by atoms with E-state index in [0.717, 1.165) is 12.8 Å². The minimum Gasteiger partial charge on any atom is -0.394 e. The van der Waals surface area contributed by atoms with Gasteiger partial charge in [-0.15, -0.1) is 0 Å². The predicted octanol–water partition coefficient (Wildman–Crippen LogP) is 1.14. The summed E-state index contributed by atoms with van der Waals surface area (Å²) >= 11 is 0. The number of aliphatic hydroxyl groups excluding tert-OH is 2. The summed E-state index contributed by atoms with van der Waals surface area (Å²) in [6, 6.07) is 0.328. The molecule has 3 heteroatoms. The lowest BCUT2D eigenvalue weighted by Gasteiger charge is -2.33. The highest BCUT2D eigenvalue weighted by atomic mass is 16.3. The average molecular weight is 203 g/mol. The summed E-state index contributed by atoms with van der Waals surface area (Å²) in [5.41, 5.74) is -0.506. The standard InChI is InChI=1S/C11H25NO2/c1-5-11(7-13,8-14)12-10(4)6-9(2)3/h9-10,12-14H,5-8H2,1-4H3. The van der Waals surface area contributed by atoms with Gasteiger partial charge in [-0.1, -0.05) is 20.8 Å². The molecular weight excluding hydrogens is 178 g/mol. The molecule has 1 unspecified atom stereocenters. The number of nitrogens with one attached hydrogen (secondary N) is 1. The summed E-state index contributed by atoms with van der Waals surface area (Å²) < 4.78 is 0. The molecule has 0 rings (SSSR count). The Morgan fingerprint density at radius 2 is 1.64 bits per heavy atom. The van der Waals surface area contributed by atoms with Gasteiger partial charge in [0.1, 0.15) is 0 Å². The van der Waals surface area contributed by atoms with E-state index in [1.165, 1.54) is 0 Å². The maximum Gasteiger partial charge on any atom is 0.0647 e. The zero-order valence-electron chi connectivity index (χ0n) is 9.88. The monoisotopic (exact) mass is 203 g/mol. The fourth-order valence-electron chi connectivity index (χ4n) is 1.76. The molecular formula is C11H25NO2. The third kappa shape index (κ3) is 4.40. The Hall–Kier alpha value is -0.120. The fraction of sp³-hybridized carbons (Fsp3) is 1.00. The number of rotatable bonds is 7. The second kappa shape index (κ2) is 6.38. The van der Waals surface area contributed by atoms with Gasteiger partial charge in [-0.2, -0.15) is 0 Å². The smallest absolute Gasteiger partial charge is 0.0647 e. The number of hydrogen-bond donors (Lipinski definition) is 3. The molecule has 1 atom stereocenters. The highest BCUT2D eigenvalue weighted by molar-refractivity contribution is 4.87.